The topological polar surface area (TPSA) is 91.0 Å². The quantitative estimate of drug-likeness (QED) is 0.174. The van der Waals surface area contributed by atoms with Crippen molar-refractivity contribution in [2.45, 2.75) is 0 Å². The van der Waals surface area contributed by atoms with Crippen LogP contribution in [0.15, 0.2) is 183 Å². The first-order chi connectivity index (χ1) is 28.2. The lowest BCUT2D eigenvalue weighted by Crippen LogP contribution is -2.01. The maximum absolute atomic E-state index is 6.81. The van der Waals surface area contributed by atoms with Crippen LogP contribution in [0.3, 0.4) is 0 Å². The molecule has 0 saturated heterocycles. The molecule has 57 heavy (non-hydrogen) atoms. The first-order valence-corrected chi connectivity index (χ1v) is 18.8. The monoisotopic (exact) mass is 732 g/mol. The summed E-state index contributed by atoms with van der Waals surface area (Å²) in [6.45, 7) is 0. The molecule has 0 aliphatic rings. The predicted molar refractivity (Wildman–Crippen MR) is 227 cm³/mol. The van der Waals surface area contributed by atoms with E-state index in [0.717, 1.165) is 99.2 Å². The molecule has 7 aromatic carbocycles. The molecule has 7 nitrogen and oxygen atoms in total. The van der Waals surface area contributed by atoms with Crippen molar-refractivity contribution in [1.29, 1.82) is 0 Å². The summed E-state index contributed by atoms with van der Waals surface area (Å²) < 4.78 is 19.5. The van der Waals surface area contributed by atoms with E-state index in [4.69, 9.17) is 28.2 Å². The highest BCUT2D eigenvalue weighted by atomic mass is 16.3. The molecular weight excluding hydrogens is 705 g/mol. The lowest BCUT2D eigenvalue weighted by Gasteiger charge is -2.13. The molecule has 0 N–H and O–H groups in total. The average Bonchev–Trinajstić information content (AvgIpc) is 3.98. The molecular formula is C50H28N4O3. The summed E-state index contributed by atoms with van der Waals surface area (Å²) in [4.78, 5) is 20.0. The van der Waals surface area contributed by atoms with Crippen LogP contribution in [0.1, 0.15) is 0 Å². The molecule has 5 heterocycles. The van der Waals surface area contributed by atoms with E-state index >= 15 is 0 Å². The summed E-state index contributed by atoms with van der Waals surface area (Å²) in [5.41, 5.74) is 11.2. The molecule has 0 unspecified atom stereocenters. The Bertz CT molecular complexity index is 3540. The van der Waals surface area contributed by atoms with Crippen LogP contribution in [0, 0.1) is 0 Å². The minimum Gasteiger partial charge on any atom is -0.456 e. The van der Waals surface area contributed by atoms with Crippen molar-refractivity contribution in [3.8, 4) is 56.4 Å². The highest BCUT2D eigenvalue weighted by Gasteiger charge is 2.23. The maximum atomic E-state index is 6.81. The van der Waals surface area contributed by atoms with Gasteiger partial charge >= 0.3 is 0 Å². The number of furan rings is 3. The Kier molecular flexibility index (Phi) is 6.79. The molecule has 12 rings (SSSR count). The van der Waals surface area contributed by atoms with Crippen molar-refractivity contribution in [2.24, 2.45) is 0 Å². The standard InChI is InChI=1S/C50H28N4O3/c1-2-14-36(31(12-1)30-11-10-26-51-28-30)49-52-48(29-22-23-33-32-13-3-6-18-40(32)56-44(33)27-29)53-50(54-49)39-25-24-35(46-38-16-5-8-20-42(38)57-47(39)46)34-17-9-21-43-45(34)37-15-4-7-19-41(37)55-43/h1-28H. The highest BCUT2D eigenvalue weighted by Crippen LogP contribution is 2.45. The van der Waals surface area contributed by atoms with Gasteiger partial charge in [0.1, 0.15) is 33.5 Å². The largest absolute Gasteiger partial charge is 0.456 e. The minimum absolute atomic E-state index is 0.489. The fourth-order valence-corrected chi connectivity index (χ4v) is 8.29. The van der Waals surface area contributed by atoms with Gasteiger partial charge in [0, 0.05) is 61.4 Å². The number of hydrogen-bond acceptors (Lipinski definition) is 7. The average molecular weight is 733 g/mol. The van der Waals surface area contributed by atoms with Crippen LogP contribution < -0.4 is 0 Å². The zero-order chi connectivity index (χ0) is 37.5. The van der Waals surface area contributed by atoms with E-state index in [1.165, 1.54) is 0 Å². The summed E-state index contributed by atoms with van der Waals surface area (Å²) in [5, 5.41) is 6.20. The fourth-order valence-electron chi connectivity index (χ4n) is 8.29. The van der Waals surface area contributed by atoms with Crippen LogP contribution in [-0.4, -0.2) is 19.9 Å². The van der Waals surface area contributed by atoms with Crippen LogP contribution >= 0.6 is 0 Å². The Labute approximate surface area is 324 Å². The van der Waals surface area contributed by atoms with Gasteiger partial charge in [-0.15, -0.1) is 0 Å². The second-order valence-corrected chi connectivity index (χ2v) is 14.1. The third-order valence-corrected chi connectivity index (χ3v) is 10.9. The number of hydrogen-bond donors (Lipinski definition) is 0. The second-order valence-electron chi connectivity index (χ2n) is 14.1. The van der Waals surface area contributed by atoms with Crippen molar-refractivity contribution in [3.63, 3.8) is 0 Å². The van der Waals surface area contributed by atoms with E-state index < -0.39 is 0 Å². The van der Waals surface area contributed by atoms with Gasteiger partial charge in [-0.3, -0.25) is 4.98 Å². The van der Waals surface area contributed by atoms with Gasteiger partial charge in [-0.25, -0.2) is 15.0 Å². The Hall–Kier alpha value is -7.90. The summed E-state index contributed by atoms with van der Waals surface area (Å²) in [6, 6.07) is 53.1. The smallest absolute Gasteiger partial charge is 0.167 e. The van der Waals surface area contributed by atoms with Crippen molar-refractivity contribution >= 4 is 65.8 Å². The predicted octanol–water partition coefficient (Wildman–Crippen LogP) is 13.3. The summed E-state index contributed by atoms with van der Waals surface area (Å²) in [7, 11) is 0. The third-order valence-electron chi connectivity index (χ3n) is 10.9. The Morgan fingerprint density at radius 1 is 0.333 bits per heavy atom. The van der Waals surface area contributed by atoms with Crippen LogP contribution in [0.2, 0.25) is 0 Å². The fraction of sp³-hybridized carbons (Fsp3) is 0. The Morgan fingerprint density at radius 3 is 1.72 bits per heavy atom. The van der Waals surface area contributed by atoms with Crippen LogP contribution in [0.4, 0.5) is 0 Å². The van der Waals surface area contributed by atoms with E-state index in [1.807, 2.05) is 109 Å². The SMILES string of the molecule is c1cncc(-c2ccccc2-c2nc(-c3ccc4c(c3)oc3ccccc34)nc(-c3ccc(-c4cccc5oc6ccccc6c45)c4c3oc3ccccc34)n2)c1. The van der Waals surface area contributed by atoms with Crippen molar-refractivity contribution in [2.75, 3.05) is 0 Å². The molecule has 12 aromatic rings. The van der Waals surface area contributed by atoms with Crippen LogP contribution in [0.5, 0.6) is 0 Å². The van der Waals surface area contributed by atoms with E-state index in [1.54, 1.807) is 6.20 Å². The zero-order valence-electron chi connectivity index (χ0n) is 30.2. The normalized spacial score (nSPS) is 11.9. The Balaban J connectivity index is 1.13. The van der Waals surface area contributed by atoms with E-state index in [-0.39, 0.29) is 0 Å². The molecule has 266 valence electrons. The maximum Gasteiger partial charge on any atom is 0.167 e. The van der Waals surface area contributed by atoms with Crippen molar-refractivity contribution in [1.82, 2.24) is 19.9 Å². The van der Waals surface area contributed by atoms with Gasteiger partial charge in [-0.2, -0.15) is 0 Å². The molecule has 7 heteroatoms. The second kappa shape index (κ2) is 12.3. The summed E-state index contributed by atoms with van der Waals surface area (Å²) in [5.74, 6) is 1.53. The highest BCUT2D eigenvalue weighted by molar-refractivity contribution is 6.21. The molecule has 5 aromatic heterocycles. The van der Waals surface area contributed by atoms with Gasteiger partial charge in [0.05, 0.1) is 5.56 Å². The van der Waals surface area contributed by atoms with Crippen molar-refractivity contribution < 1.29 is 13.3 Å². The van der Waals surface area contributed by atoms with Gasteiger partial charge in [0.2, 0.25) is 0 Å². The van der Waals surface area contributed by atoms with E-state index in [2.05, 4.69) is 59.6 Å². The molecule has 0 radical (unpaired) electrons. The van der Waals surface area contributed by atoms with Gasteiger partial charge < -0.3 is 13.3 Å². The molecule has 0 aliphatic heterocycles. The molecule has 0 bridgehead atoms. The number of pyridine rings is 1. The molecule has 0 fully saturated rings. The number of rotatable bonds is 5. The molecule has 0 atom stereocenters. The molecule has 0 spiro atoms. The zero-order valence-corrected chi connectivity index (χ0v) is 30.2. The summed E-state index contributed by atoms with van der Waals surface area (Å²) in [6.07, 6.45) is 3.63. The molecule has 0 saturated carbocycles. The van der Waals surface area contributed by atoms with Gasteiger partial charge in [0.25, 0.3) is 0 Å². The van der Waals surface area contributed by atoms with Crippen LogP contribution in [-0.2, 0) is 0 Å². The minimum atomic E-state index is 0.489. The lowest BCUT2D eigenvalue weighted by molar-refractivity contribution is 0.668. The number of fused-ring (bicyclic) bond motifs is 9. The molecule has 0 amide bonds. The Morgan fingerprint density at radius 2 is 0.912 bits per heavy atom. The first-order valence-electron chi connectivity index (χ1n) is 18.8. The van der Waals surface area contributed by atoms with Crippen LogP contribution in [0.25, 0.3) is 122 Å². The summed E-state index contributed by atoms with van der Waals surface area (Å²) >= 11 is 0. The first kappa shape index (κ1) is 31.5. The third kappa shape index (κ3) is 4.92. The number of benzene rings is 7. The molecule has 0 aliphatic carbocycles. The number of nitrogens with zero attached hydrogens (tertiary/aromatic N) is 4. The van der Waals surface area contributed by atoms with Gasteiger partial charge in [-0.05, 0) is 65.2 Å². The van der Waals surface area contributed by atoms with Gasteiger partial charge in [-0.1, -0.05) is 109 Å². The number of para-hydroxylation sites is 3. The van der Waals surface area contributed by atoms with Gasteiger partial charge in [0.15, 0.2) is 17.5 Å². The lowest BCUT2D eigenvalue weighted by atomic mass is 9.93. The van der Waals surface area contributed by atoms with E-state index in [0.29, 0.717) is 23.1 Å². The van der Waals surface area contributed by atoms with E-state index in [9.17, 15) is 0 Å². The van der Waals surface area contributed by atoms with Crippen molar-refractivity contribution in [3.05, 3.63) is 170 Å². The number of aromatic nitrogens is 4.